The largest absolute Gasteiger partial charge is 0.377 e. The van der Waals surface area contributed by atoms with Crippen LogP contribution in [0, 0.1) is 0 Å². The van der Waals surface area contributed by atoms with Gasteiger partial charge in [0, 0.05) is 25.1 Å². The lowest BCUT2D eigenvalue weighted by molar-refractivity contribution is 0.126. The van der Waals surface area contributed by atoms with E-state index in [2.05, 4.69) is 0 Å². The number of ether oxygens (including phenoxy) is 1. The van der Waals surface area contributed by atoms with Crippen LogP contribution in [0.15, 0.2) is 0 Å². The van der Waals surface area contributed by atoms with Crippen LogP contribution in [0.3, 0.4) is 0 Å². The van der Waals surface area contributed by atoms with Crippen molar-refractivity contribution in [1.82, 2.24) is 4.31 Å². The van der Waals surface area contributed by atoms with Crippen LogP contribution < -0.4 is 0 Å². The van der Waals surface area contributed by atoms with Crippen LogP contribution in [-0.4, -0.2) is 49.7 Å². The minimum absolute atomic E-state index is 0.0342. The van der Waals surface area contributed by atoms with E-state index in [1.807, 2.05) is 0 Å². The lowest BCUT2D eigenvalue weighted by atomic mass is 10.2. The monoisotopic (exact) mass is 267 g/mol. The highest BCUT2D eigenvalue weighted by Crippen LogP contribution is 2.21. The average Bonchev–Trinajstić information content (AvgIpc) is 2.70. The molecule has 0 amide bonds. The molecule has 2 aliphatic heterocycles. The minimum atomic E-state index is -3.18. The molecule has 4 nitrogen and oxygen atoms in total. The number of halogens is 1. The average molecular weight is 268 g/mol. The van der Waals surface area contributed by atoms with Crippen LogP contribution in [0.4, 0.5) is 0 Å². The summed E-state index contributed by atoms with van der Waals surface area (Å²) in [7, 11) is -3.18. The molecule has 2 heterocycles. The number of rotatable bonds is 3. The second-order valence-electron chi connectivity index (χ2n) is 4.51. The molecule has 2 rings (SSSR count). The molecular weight excluding hydrogens is 250 g/mol. The topological polar surface area (TPSA) is 46.6 Å². The lowest BCUT2D eigenvalue weighted by Crippen LogP contribution is -2.43. The number of sulfonamides is 1. The van der Waals surface area contributed by atoms with E-state index >= 15 is 0 Å². The van der Waals surface area contributed by atoms with E-state index in [0.29, 0.717) is 19.7 Å². The van der Waals surface area contributed by atoms with Crippen molar-refractivity contribution in [3.05, 3.63) is 0 Å². The summed E-state index contributed by atoms with van der Waals surface area (Å²) in [5.41, 5.74) is 0. The molecule has 0 saturated carbocycles. The van der Waals surface area contributed by atoms with E-state index in [1.54, 1.807) is 0 Å². The Bertz CT molecular complexity index is 327. The third-order valence-electron chi connectivity index (χ3n) is 3.14. The number of alkyl halides is 1. The third kappa shape index (κ3) is 3.09. The van der Waals surface area contributed by atoms with Crippen molar-refractivity contribution >= 4 is 21.6 Å². The van der Waals surface area contributed by atoms with Crippen LogP contribution >= 0.6 is 11.6 Å². The van der Waals surface area contributed by atoms with Gasteiger partial charge in [-0.05, 0) is 25.7 Å². The van der Waals surface area contributed by atoms with Crippen LogP contribution in [0.2, 0.25) is 0 Å². The molecule has 6 heteroatoms. The van der Waals surface area contributed by atoms with Crippen molar-refractivity contribution in [2.45, 2.75) is 37.2 Å². The Morgan fingerprint density at radius 3 is 2.75 bits per heavy atom. The Balaban J connectivity index is 1.94. The first kappa shape index (κ1) is 12.6. The van der Waals surface area contributed by atoms with Gasteiger partial charge in [0.15, 0.2) is 0 Å². The molecule has 0 bridgehead atoms. The molecule has 2 fully saturated rings. The number of piperidine rings is 1. The summed E-state index contributed by atoms with van der Waals surface area (Å²) in [6.45, 7) is 1.76. The van der Waals surface area contributed by atoms with E-state index in [-0.39, 0.29) is 17.2 Å². The van der Waals surface area contributed by atoms with Gasteiger partial charge in [0.2, 0.25) is 10.0 Å². The Labute approximate surface area is 102 Å². The number of hydrogen-bond acceptors (Lipinski definition) is 3. The van der Waals surface area contributed by atoms with Gasteiger partial charge in [-0.3, -0.25) is 0 Å². The molecule has 2 saturated heterocycles. The molecule has 0 N–H and O–H groups in total. The summed E-state index contributed by atoms with van der Waals surface area (Å²) in [5.74, 6) is 0.122. The standard InChI is InChI=1S/C10H18ClNO3S/c11-9-3-1-5-12(7-9)16(13,14)8-10-4-2-6-15-10/h9-10H,1-8H2. The summed E-state index contributed by atoms with van der Waals surface area (Å²) >= 11 is 6.00. The first-order valence-electron chi connectivity index (χ1n) is 5.81. The van der Waals surface area contributed by atoms with Crippen LogP contribution in [0.25, 0.3) is 0 Å². The third-order valence-corrected chi connectivity index (χ3v) is 5.41. The van der Waals surface area contributed by atoms with E-state index in [9.17, 15) is 8.42 Å². The Hall–Kier alpha value is 0.160. The number of hydrogen-bond donors (Lipinski definition) is 0. The normalized spacial score (nSPS) is 33.1. The molecule has 2 atom stereocenters. The zero-order valence-electron chi connectivity index (χ0n) is 9.27. The van der Waals surface area contributed by atoms with E-state index < -0.39 is 10.0 Å². The maximum absolute atomic E-state index is 12.1. The van der Waals surface area contributed by atoms with Crippen molar-refractivity contribution in [3.63, 3.8) is 0 Å². The van der Waals surface area contributed by atoms with Gasteiger partial charge >= 0.3 is 0 Å². The molecule has 0 radical (unpaired) electrons. The molecule has 94 valence electrons. The SMILES string of the molecule is O=S(=O)(CC1CCCO1)N1CCCC(Cl)C1. The number of nitrogens with zero attached hydrogens (tertiary/aromatic N) is 1. The van der Waals surface area contributed by atoms with E-state index in [1.165, 1.54) is 4.31 Å². The van der Waals surface area contributed by atoms with Crippen molar-refractivity contribution in [1.29, 1.82) is 0 Å². The zero-order chi connectivity index (χ0) is 11.6. The van der Waals surface area contributed by atoms with Gasteiger partial charge in [-0.25, -0.2) is 12.7 Å². The highest BCUT2D eigenvalue weighted by Gasteiger charge is 2.31. The Morgan fingerprint density at radius 1 is 1.31 bits per heavy atom. The second-order valence-corrected chi connectivity index (χ2v) is 7.14. The molecule has 0 spiro atoms. The summed E-state index contributed by atoms with van der Waals surface area (Å²) in [5, 5.41) is -0.0342. The molecule has 0 aromatic heterocycles. The highest BCUT2D eigenvalue weighted by molar-refractivity contribution is 7.89. The smallest absolute Gasteiger partial charge is 0.216 e. The zero-order valence-corrected chi connectivity index (χ0v) is 10.8. The van der Waals surface area contributed by atoms with E-state index in [4.69, 9.17) is 16.3 Å². The van der Waals surface area contributed by atoms with Gasteiger partial charge in [0.05, 0.1) is 11.9 Å². The van der Waals surface area contributed by atoms with Crippen molar-refractivity contribution in [2.24, 2.45) is 0 Å². The molecule has 0 aliphatic carbocycles. The molecule has 2 aliphatic rings. The maximum atomic E-state index is 12.1. The van der Waals surface area contributed by atoms with Gasteiger partial charge in [0.25, 0.3) is 0 Å². The van der Waals surface area contributed by atoms with Gasteiger partial charge in [0.1, 0.15) is 0 Å². The summed E-state index contributed by atoms with van der Waals surface area (Å²) in [4.78, 5) is 0. The van der Waals surface area contributed by atoms with Gasteiger partial charge in [-0.2, -0.15) is 0 Å². The Morgan fingerprint density at radius 2 is 2.12 bits per heavy atom. The Kier molecular flexibility index (Phi) is 4.11. The van der Waals surface area contributed by atoms with Crippen LogP contribution in [0.5, 0.6) is 0 Å². The van der Waals surface area contributed by atoms with E-state index in [0.717, 1.165) is 25.7 Å². The molecule has 0 aromatic carbocycles. The summed E-state index contributed by atoms with van der Waals surface area (Å²) in [6.07, 6.45) is 3.49. The molecular formula is C10H18ClNO3S. The fourth-order valence-electron chi connectivity index (χ4n) is 2.26. The molecule has 2 unspecified atom stereocenters. The highest BCUT2D eigenvalue weighted by atomic mass is 35.5. The predicted molar refractivity (Wildman–Crippen MR) is 63.2 cm³/mol. The summed E-state index contributed by atoms with van der Waals surface area (Å²) < 4.78 is 31.0. The quantitative estimate of drug-likeness (QED) is 0.722. The van der Waals surface area contributed by atoms with Crippen LogP contribution in [-0.2, 0) is 14.8 Å². The maximum Gasteiger partial charge on any atom is 0.216 e. The second kappa shape index (κ2) is 5.21. The molecule has 16 heavy (non-hydrogen) atoms. The van der Waals surface area contributed by atoms with Gasteiger partial charge in [-0.1, -0.05) is 0 Å². The fourth-order valence-corrected chi connectivity index (χ4v) is 4.42. The van der Waals surface area contributed by atoms with Crippen molar-refractivity contribution < 1.29 is 13.2 Å². The van der Waals surface area contributed by atoms with Gasteiger partial charge < -0.3 is 4.74 Å². The molecule has 0 aromatic rings. The lowest BCUT2D eigenvalue weighted by Gasteiger charge is -2.29. The first-order valence-corrected chi connectivity index (χ1v) is 7.86. The minimum Gasteiger partial charge on any atom is -0.377 e. The van der Waals surface area contributed by atoms with Crippen molar-refractivity contribution in [3.8, 4) is 0 Å². The predicted octanol–water partition coefficient (Wildman–Crippen LogP) is 1.20. The van der Waals surface area contributed by atoms with Crippen molar-refractivity contribution in [2.75, 3.05) is 25.4 Å². The van der Waals surface area contributed by atoms with Gasteiger partial charge in [-0.15, -0.1) is 11.6 Å². The fraction of sp³-hybridized carbons (Fsp3) is 1.00. The summed E-state index contributed by atoms with van der Waals surface area (Å²) in [6, 6.07) is 0. The first-order chi connectivity index (χ1) is 7.58. The van der Waals surface area contributed by atoms with Crippen LogP contribution in [0.1, 0.15) is 25.7 Å².